The number of anilines is 1. The van der Waals surface area contributed by atoms with Gasteiger partial charge in [0.05, 0.1) is 30.9 Å². The van der Waals surface area contributed by atoms with Crippen molar-refractivity contribution in [3.05, 3.63) is 83.5 Å². The Morgan fingerprint density at radius 3 is 2.66 bits per heavy atom. The molecule has 11 heteroatoms. The van der Waals surface area contributed by atoms with Crippen molar-refractivity contribution in [3.63, 3.8) is 0 Å². The molecule has 0 aliphatic carbocycles. The molecule has 2 N–H and O–H groups in total. The normalized spacial score (nSPS) is 10.7. The molecule has 0 fully saturated rings. The first-order valence-electron chi connectivity index (χ1n) is 10.7. The maximum Gasteiger partial charge on any atom is 0.287 e. The third kappa shape index (κ3) is 6.43. The van der Waals surface area contributed by atoms with Crippen LogP contribution >= 0.6 is 23.4 Å². The molecule has 0 spiro atoms. The van der Waals surface area contributed by atoms with Crippen molar-refractivity contribution in [1.82, 2.24) is 20.1 Å². The van der Waals surface area contributed by atoms with E-state index in [-0.39, 0.29) is 29.9 Å². The zero-order valence-electron chi connectivity index (χ0n) is 18.7. The molecule has 2 amide bonds. The predicted molar refractivity (Wildman–Crippen MR) is 133 cm³/mol. The molecule has 35 heavy (non-hydrogen) atoms. The highest BCUT2D eigenvalue weighted by molar-refractivity contribution is 7.99. The molecule has 0 saturated heterocycles. The number of benzene rings is 2. The Balaban J connectivity index is 1.46. The number of halogens is 1. The molecule has 2 aromatic carbocycles. The molecular formula is C24H22ClN5O4S. The number of carbonyl (C=O) groups is 2. The van der Waals surface area contributed by atoms with Crippen LogP contribution in [0.4, 0.5) is 5.69 Å². The van der Waals surface area contributed by atoms with Crippen LogP contribution in [0.5, 0.6) is 5.75 Å². The van der Waals surface area contributed by atoms with Gasteiger partial charge in [-0.15, -0.1) is 10.2 Å². The maximum absolute atomic E-state index is 12.5. The summed E-state index contributed by atoms with van der Waals surface area (Å²) in [4.78, 5) is 24.8. The number of carbonyl (C=O) groups excluding carboxylic acids is 2. The third-order valence-corrected chi connectivity index (χ3v) is 5.86. The minimum Gasteiger partial charge on any atom is -0.494 e. The van der Waals surface area contributed by atoms with Crippen molar-refractivity contribution < 1.29 is 18.7 Å². The molecule has 0 aliphatic heterocycles. The van der Waals surface area contributed by atoms with Crippen molar-refractivity contribution in [2.24, 2.45) is 0 Å². The Kier molecular flexibility index (Phi) is 8.07. The molecule has 2 heterocycles. The van der Waals surface area contributed by atoms with E-state index in [2.05, 4.69) is 20.8 Å². The Morgan fingerprint density at radius 2 is 1.94 bits per heavy atom. The van der Waals surface area contributed by atoms with E-state index in [1.54, 1.807) is 59.2 Å². The van der Waals surface area contributed by atoms with Crippen LogP contribution < -0.4 is 15.4 Å². The second-order valence-corrected chi connectivity index (χ2v) is 8.55. The molecule has 4 aromatic rings. The highest BCUT2D eigenvalue weighted by atomic mass is 35.5. The van der Waals surface area contributed by atoms with Gasteiger partial charge in [0.25, 0.3) is 5.91 Å². The molecule has 180 valence electrons. The van der Waals surface area contributed by atoms with Crippen LogP contribution in [-0.2, 0) is 11.3 Å². The van der Waals surface area contributed by atoms with Crippen LogP contribution in [0.15, 0.2) is 76.5 Å². The fraction of sp³-hybridized carbons (Fsp3) is 0.167. The van der Waals surface area contributed by atoms with Gasteiger partial charge < -0.3 is 19.8 Å². The van der Waals surface area contributed by atoms with Gasteiger partial charge in [0.2, 0.25) is 5.91 Å². The van der Waals surface area contributed by atoms with Gasteiger partial charge in [-0.2, -0.15) is 0 Å². The smallest absolute Gasteiger partial charge is 0.287 e. The topological polar surface area (TPSA) is 111 Å². The summed E-state index contributed by atoms with van der Waals surface area (Å²) in [5, 5.41) is 15.1. The molecular weight excluding hydrogens is 490 g/mol. The summed E-state index contributed by atoms with van der Waals surface area (Å²) in [6.45, 7) is 2.58. The van der Waals surface area contributed by atoms with Gasteiger partial charge in [-0.25, -0.2) is 0 Å². The lowest BCUT2D eigenvalue weighted by Crippen LogP contribution is -2.24. The highest BCUT2D eigenvalue weighted by Crippen LogP contribution is 2.24. The van der Waals surface area contributed by atoms with Gasteiger partial charge in [-0.3, -0.25) is 14.2 Å². The molecule has 9 nitrogen and oxygen atoms in total. The van der Waals surface area contributed by atoms with Crippen LogP contribution in [0.25, 0.3) is 5.69 Å². The van der Waals surface area contributed by atoms with Gasteiger partial charge in [-0.05, 0) is 61.5 Å². The van der Waals surface area contributed by atoms with E-state index in [4.69, 9.17) is 20.8 Å². The molecule has 0 unspecified atom stereocenters. The van der Waals surface area contributed by atoms with Crippen molar-refractivity contribution in [2.75, 3.05) is 17.7 Å². The summed E-state index contributed by atoms with van der Waals surface area (Å²) >= 11 is 7.41. The van der Waals surface area contributed by atoms with Crippen molar-refractivity contribution in [2.45, 2.75) is 18.6 Å². The first kappa shape index (κ1) is 24.4. The lowest BCUT2D eigenvalue weighted by molar-refractivity contribution is -0.113. The fourth-order valence-corrected chi connectivity index (χ4v) is 4.12. The van der Waals surface area contributed by atoms with Crippen molar-refractivity contribution >= 4 is 40.9 Å². The van der Waals surface area contributed by atoms with Crippen molar-refractivity contribution in [1.29, 1.82) is 0 Å². The van der Waals surface area contributed by atoms with Gasteiger partial charge in [0.15, 0.2) is 16.7 Å². The zero-order valence-corrected chi connectivity index (χ0v) is 20.3. The first-order valence-corrected chi connectivity index (χ1v) is 12.1. The maximum atomic E-state index is 12.5. The number of rotatable bonds is 10. The van der Waals surface area contributed by atoms with E-state index in [1.807, 2.05) is 13.0 Å². The monoisotopic (exact) mass is 511 g/mol. The van der Waals surface area contributed by atoms with E-state index in [9.17, 15) is 9.59 Å². The molecule has 2 aromatic heterocycles. The Bertz CT molecular complexity index is 1290. The number of thioether (sulfide) groups is 1. The number of nitrogens with zero attached hydrogens (tertiary/aromatic N) is 3. The quantitative estimate of drug-likeness (QED) is 0.300. The van der Waals surface area contributed by atoms with Gasteiger partial charge in [-0.1, -0.05) is 29.4 Å². The minimum atomic E-state index is -0.375. The molecule has 0 saturated carbocycles. The average Bonchev–Trinajstić information content (AvgIpc) is 3.53. The summed E-state index contributed by atoms with van der Waals surface area (Å²) < 4.78 is 12.3. The number of hydrogen-bond acceptors (Lipinski definition) is 7. The van der Waals surface area contributed by atoms with Crippen LogP contribution in [0.2, 0.25) is 5.02 Å². The third-order valence-electron chi connectivity index (χ3n) is 4.70. The summed E-state index contributed by atoms with van der Waals surface area (Å²) in [5.41, 5.74) is 1.37. The number of hydrogen-bond donors (Lipinski definition) is 2. The molecule has 0 aliphatic rings. The van der Waals surface area contributed by atoms with E-state index in [1.165, 1.54) is 18.0 Å². The second kappa shape index (κ2) is 11.6. The van der Waals surface area contributed by atoms with Crippen LogP contribution in [0.1, 0.15) is 23.3 Å². The lowest BCUT2D eigenvalue weighted by Gasteiger charge is -2.11. The largest absolute Gasteiger partial charge is 0.494 e. The predicted octanol–water partition coefficient (Wildman–Crippen LogP) is 4.57. The Morgan fingerprint density at radius 1 is 1.11 bits per heavy atom. The van der Waals surface area contributed by atoms with Gasteiger partial charge >= 0.3 is 0 Å². The van der Waals surface area contributed by atoms with E-state index in [0.29, 0.717) is 34.0 Å². The number of ether oxygens (including phenoxy) is 1. The van der Waals surface area contributed by atoms with Gasteiger partial charge in [0.1, 0.15) is 5.75 Å². The van der Waals surface area contributed by atoms with Crippen molar-refractivity contribution in [3.8, 4) is 11.4 Å². The van der Waals surface area contributed by atoms with Crippen LogP contribution in [0.3, 0.4) is 0 Å². The van der Waals surface area contributed by atoms with Crippen LogP contribution in [-0.4, -0.2) is 38.9 Å². The van der Waals surface area contributed by atoms with Gasteiger partial charge in [0, 0.05) is 10.7 Å². The molecule has 0 bridgehead atoms. The summed E-state index contributed by atoms with van der Waals surface area (Å²) in [5.74, 6) is 0.930. The standard InChI is InChI=1S/C24H22ClN5O4S/c1-2-33-19-10-8-17(9-11-19)27-22(31)15-35-24-29-28-21(14-26-23(32)20-7-4-12-34-20)30(24)18-6-3-5-16(25)13-18/h3-13H,2,14-15H2,1H3,(H,26,32)(H,27,31). The lowest BCUT2D eigenvalue weighted by atomic mass is 10.3. The fourth-order valence-electron chi connectivity index (χ4n) is 3.17. The summed E-state index contributed by atoms with van der Waals surface area (Å²) in [6.07, 6.45) is 1.43. The van der Waals surface area contributed by atoms with E-state index >= 15 is 0 Å². The number of furan rings is 1. The minimum absolute atomic E-state index is 0.0952. The van der Waals surface area contributed by atoms with E-state index in [0.717, 1.165) is 5.75 Å². The number of aromatic nitrogens is 3. The zero-order chi connectivity index (χ0) is 24.6. The average molecular weight is 512 g/mol. The second-order valence-electron chi connectivity index (χ2n) is 7.17. The highest BCUT2D eigenvalue weighted by Gasteiger charge is 2.18. The first-order chi connectivity index (χ1) is 17.0. The summed E-state index contributed by atoms with van der Waals surface area (Å²) in [7, 11) is 0. The van der Waals surface area contributed by atoms with Crippen LogP contribution in [0, 0.1) is 0 Å². The number of amides is 2. The Hall–Kier alpha value is -3.76. The van der Waals surface area contributed by atoms with E-state index < -0.39 is 0 Å². The summed E-state index contributed by atoms with van der Waals surface area (Å²) in [6, 6.07) is 17.5. The molecule has 0 radical (unpaired) electrons. The SMILES string of the molecule is CCOc1ccc(NC(=O)CSc2nnc(CNC(=O)c3ccco3)n2-c2cccc(Cl)c2)cc1. The molecule has 0 atom stereocenters. The molecule has 4 rings (SSSR count). The Labute approximate surface area is 210 Å². The number of nitrogens with one attached hydrogen (secondary N) is 2.